The Bertz CT molecular complexity index is 1380. The first kappa shape index (κ1) is 18.8. The molecule has 8 rings (SSSR count). The lowest BCUT2D eigenvalue weighted by Gasteiger charge is -2.62. The van der Waals surface area contributed by atoms with E-state index in [1.165, 1.54) is 45.9 Å². The third-order valence-corrected chi connectivity index (χ3v) is 8.42. The minimum atomic E-state index is -0.0885. The molecule has 0 unspecified atom stereocenters. The molecule has 4 aliphatic rings. The fourth-order valence-electron chi connectivity index (χ4n) is 5.76. The summed E-state index contributed by atoms with van der Waals surface area (Å²) in [7, 11) is 0. The number of halogens is 1. The molecule has 5 nitrogen and oxygen atoms in total. The van der Waals surface area contributed by atoms with Gasteiger partial charge in [0.1, 0.15) is 12.0 Å². The van der Waals surface area contributed by atoms with Gasteiger partial charge in [0.25, 0.3) is 0 Å². The molecule has 158 valence electrons. The molecule has 2 bridgehead atoms. The van der Waals surface area contributed by atoms with Crippen molar-refractivity contribution in [3.8, 4) is 17.1 Å². The van der Waals surface area contributed by atoms with Crippen molar-refractivity contribution in [2.75, 3.05) is 0 Å². The Hall–Kier alpha value is -2.74. The second-order valence-corrected chi connectivity index (χ2v) is 10.5. The topological polar surface area (TPSA) is 56.2 Å². The highest BCUT2D eigenvalue weighted by Crippen LogP contribution is 2.65. The lowest BCUT2D eigenvalue weighted by atomic mass is 9.42. The van der Waals surface area contributed by atoms with Crippen LogP contribution in [0.3, 0.4) is 0 Å². The Kier molecular flexibility index (Phi) is 3.90. The summed E-state index contributed by atoms with van der Waals surface area (Å²) in [4.78, 5) is 14.1. The average Bonchev–Trinajstić information content (AvgIpc) is 3.38. The first-order valence-corrected chi connectivity index (χ1v) is 12.1. The number of hydrogen-bond acceptors (Lipinski definition) is 4. The largest absolute Gasteiger partial charge is 0.442 e. The van der Waals surface area contributed by atoms with Gasteiger partial charge in [-0.05, 0) is 83.9 Å². The van der Waals surface area contributed by atoms with Gasteiger partial charge in [0.05, 0.1) is 29.3 Å². The van der Waals surface area contributed by atoms with E-state index in [-0.39, 0.29) is 6.04 Å². The molecule has 1 aliphatic heterocycles. The van der Waals surface area contributed by atoms with Crippen LogP contribution in [0.5, 0.6) is 0 Å². The first-order valence-electron chi connectivity index (χ1n) is 11.1. The van der Waals surface area contributed by atoms with E-state index >= 15 is 0 Å². The number of nitrogens with zero attached hydrogens (tertiary/aromatic N) is 4. The zero-order valence-corrected chi connectivity index (χ0v) is 19.8. The van der Waals surface area contributed by atoms with E-state index in [0.717, 1.165) is 28.7 Å². The van der Waals surface area contributed by atoms with Crippen LogP contribution in [0, 0.1) is 9.49 Å². The smallest absolute Gasteiger partial charge is 0.181 e. The second-order valence-electron chi connectivity index (χ2n) is 9.34. The van der Waals surface area contributed by atoms with E-state index in [9.17, 15) is 0 Å². The summed E-state index contributed by atoms with van der Waals surface area (Å²) in [5.74, 6) is 1.62. The third kappa shape index (κ3) is 2.53. The van der Waals surface area contributed by atoms with Gasteiger partial charge < -0.3 is 4.42 Å². The molecular formula is C26H21IN4O. The number of aliphatic imine (C=N–C) groups is 1. The Morgan fingerprint density at radius 1 is 1.09 bits per heavy atom. The summed E-state index contributed by atoms with van der Waals surface area (Å²) >= 11 is 2.42. The molecule has 0 saturated heterocycles. The Labute approximate surface area is 199 Å². The predicted octanol–water partition coefficient (Wildman–Crippen LogP) is 6.10. The molecule has 4 aromatic rings. The van der Waals surface area contributed by atoms with Gasteiger partial charge in [0.2, 0.25) is 0 Å². The highest BCUT2D eigenvalue weighted by atomic mass is 127. The van der Waals surface area contributed by atoms with Gasteiger partial charge in [-0.1, -0.05) is 24.3 Å². The van der Waals surface area contributed by atoms with Crippen molar-refractivity contribution in [2.24, 2.45) is 10.9 Å². The van der Waals surface area contributed by atoms with Crippen LogP contribution in [0.4, 0.5) is 0 Å². The van der Waals surface area contributed by atoms with Crippen molar-refractivity contribution < 1.29 is 4.42 Å². The zero-order valence-electron chi connectivity index (χ0n) is 17.6. The third-order valence-electron chi connectivity index (χ3n) is 7.48. The van der Waals surface area contributed by atoms with Crippen molar-refractivity contribution in [1.29, 1.82) is 0 Å². The normalized spacial score (nSPS) is 25.1. The van der Waals surface area contributed by atoms with Crippen LogP contribution in [0.15, 0.2) is 70.8 Å². The van der Waals surface area contributed by atoms with Crippen LogP contribution >= 0.6 is 22.6 Å². The molecule has 6 heteroatoms. The molecular weight excluding hydrogens is 511 g/mol. The monoisotopic (exact) mass is 532 g/mol. The van der Waals surface area contributed by atoms with Gasteiger partial charge in [-0.2, -0.15) is 0 Å². The fourth-order valence-corrected chi connectivity index (χ4v) is 6.40. The molecule has 2 aromatic heterocycles. The lowest BCUT2D eigenvalue weighted by Crippen LogP contribution is -2.55. The number of hydrogen-bond donors (Lipinski definition) is 0. The first-order chi connectivity index (χ1) is 15.6. The highest BCUT2D eigenvalue weighted by molar-refractivity contribution is 14.1. The molecule has 0 amide bonds. The van der Waals surface area contributed by atoms with Crippen molar-refractivity contribution in [2.45, 2.75) is 37.6 Å². The van der Waals surface area contributed by atoms with Gasteiger partial charge >= 0.3 is 0 Å². The van der Waals surface area contributed by atoms with Crippen molar-refractivity contribution >= 4 is 28.3 Å². The van der Waals surface area contributed by atoms with Gasteiger partial charge in [-0.15, -0.1) is 0 Å². The van der Waals surface area contributed by atoms with Gasteiger partial charge in [-0.3, -0.25) is 9.56 Å². The molecule has 3 aliphatic carbocycles. The van der Waals surface area contributed by atoms with E-state index in [1.807, 2.05) is 6.33 Å². The molecule has 2 aromatic carbocycles. The molecule has 3 heterocycles. The zero-order chi connectivity index (χ0) is 21.4. The van der Waals surface area contributed by atoms with Crippen LogP contribution in [-0.2, 0) is 5.41 Å². The standard InChI is InChI=1S/C26H21IN4O/c1-15-25-24(22-12-28-14-32-22)29-13-31(25)21-7-6-17(26-9-16(10-26)11-26)8-19(21)23(30-15)18-4-2-3-5-20(18)27/h2-8,12-16H,9-11H2,1H3/t15-,16?,26?/m1/s1. The highest BCUT2D eigenvalue weighted by Gasteiger charge is 2.57. The van der Waals surface area contributed by atoms with E-state index in [1.54, 1.807) is 6.20 Å². The number of fused-ring (bicyclic) bond motifs is 3. The summed E-state index contributed by atoms with van der Waals surface area (Å²) < 4.78 is 9.00. The summed E-state index contributed by atoms with van der Waals surface area (Å²) in [6, 6.07) is 15.4. The van der Waals surface area contributed by atoms with Crippen LogP contribution in [0.2, 0.25) is 0 Å². The van der Waals surface area contributed by atoms with Gasteiger partial charge in [0.15, 0.2) is 12.2 Å². The maximum atomic E-state index is 5.61. The second kappa shape index (κ2) is 6.63. The number of benzene rings is 2. The average molecular weight is 532 g/mol. The van der Waals surface area contributed by atoms with Crippen LogP contribution in [-0.4, -0.2) is 20.2 Å². The number of imidazole rings is 1. The maximum Gasteiger partial charge on any atom is 0.181 e. The Morgan fingerprint density at radius 2 is 1.94 bits per heavy atom. The molecule has 0 radical (unpaired) electrons. The summed E-state index contributed by atoms with van der Waals surface area (Å²) in [6.45, 7) is 2.14. The Balaban J connectivity index is 1.49. The molecule has 3 saturated carbocycles. The summed E-state index contributed by atoms with van der Waals surface area (Å²) in [6.07, 6.45) is 9.08. The van der Waals surface area contributed by atoms with E-state index in [0.29, 0.717) is 11.2 Å². The van der Waals surface area contributed by atoms with Crippen LogP contribution in [0.1, 0.15) is 54.6 Å². The summed E-state index contributed by atoms with van der Waals surface area (Å²) in [5, 5.41) is 0. The fraction of sp³-hybridized carbons (Fsp3) is 0.269. The number of rotatable bonds is 3. The summed E-state index contributed by atoms with van der Waals surface area (Å²) in [5.41, 5.74) is 8.23. The van der Waals surface area contributed by atoms with Crippen molar-refractivity contribution in [1.82, 2.24) is 14.5 Å². The van der Waals surface area contributed by atoms with Gasteiger partial charge in [-0.25, -0.2) is 9.97 Å². The van der Waals surface area contributed by atoms with Crippen LogP contribution in [0.25, 0.3) is 17.1 Å². The van der Waals surface area contributed by atoms with Gasteiger partial charge in [0, 0.05) is 14.7 Å². The van der Waals surface area contributed by atoms with Crippen molar-refractivity contribution in [3.05, 3.63) is 87.3 Å². The molecule has 3 fully saturated rings. The molecule has 1 atom stereocenters. The van der Waals surface area contributed by atoms with Crippen LogP contribution < -0.4 is 0 Å². The van der Waals surface area contributed by atoms with E-state index in [4.69, 9.17) is 14.4 Å². The van der Waals surface area contributed by atoms with E-state index in [2.05, 4.69) is 81.5 Å². The molecule has 0 N–H and O–H groups in total. The van der Waals surface area contributed by atoms with E-state index < -0.39 is 0 Å². The molecule has 0 spiro atoms. The minimum Gasteiger partial charge on any atom is -0.442 e. The predicted molar refractivity (Wildman–Crippen MR) is 131 cm³/mol. The molecule has 32 heavy (non-hydrogen) atoms. The quantitative estimate of drug-likeness (QED) is 0.300. The maximum absolute atomic E-state index is 5.61. The number of aromatic nitrogens is 3. The Morgan fingerprint density at radius 3 is 2.66 bits per heavy atom. The minimum absolute atomic E-state index is 0.0885. The number of oxazole rings is 1. The van der Waals surface area contributed by atoms with Crippen molar-refractivity contribution in [3.63, 3.8) is 0 Å². The SMILES string of the molecule is C[C@H]1N=C(c2ccccc2I)c2cc(C34CC(C3)C4)ccc2-n2cnc(-c3cnco3)c21. The lowest BCUT2D eigenvalue weighted by molar-refractivity contribution is -0.0274.